The molecule has 0 spiro atoms. The van der Waals surface area contributed by atoms with E-state index in [0.29, 0.717) is 5.69 Å². The van der Waals surface area contributed by atoms with Gasteiger partial charge >= 0.3 is 0 Å². The van der Waals surface area contributed by atoms with Crippen LogP contribution in [-0.4, -0.2) is 27.0 Å². The molecule has 6 heteroatoms. The molecule has 0 aliphatic heterocycles. The van der Waals surface area contributed by atoms with Gasteiger partial charge in [-0.15, -0.1) is 5.10 Å². The fourth-order valence-corrected chi connectivity index (χ4v) is 1.09. The average molecular weight is 226 g/mol. The Morgan fingerprint density at radius 1 is 1.18 bits per heavy atom. The largest absolute Gasteiger partial charge is 0.380 e. The molecule has 2 aromatic rings. The van der Waals surface area contributed by atoms with Crippen LogP contribution in [0.5, 0.6) is 0 Å². The molecule has 0 aromatic carbocycles. The van der Waals surface area contributed by atoms with E-state index >= 15 is 0 Å². The summed E-state index contributed by atoms with van der Waals surface area (Å²) >= 11 is 0. The monoisotopic (exact) mass is 226 g/mol. The van der Waals surface area contributed by atoms with E-state index < -0.39 is 0 Å². The van der Waals surface area contributed by atoms with Gasteiger partial charge in [0, 0.05) is 30.4 Å². The Labute approximate surface area is 98.0 Å². The van der Waals surface area contributed by atoms with Gasteiger partial charge in [-0.1, -0.05) is 6.07 Å². The minimum Gasteiger partial charge on any atom is -0.380 e. The maximum absolute atomic E-state index is 5.68. The Morgan fingerprint density at radius 2 is 2.06 bits per heavy atom. The number of rotatable bonds is 3. The van der Waals surface area contributed by atoms with E-state index in [2.05, 4.69) is 25.2 Å². The summed E-state index contributed by atoms with van der Waals surface area (Å²) in [5.74, 6) is 0.221. The van der Waals surface area contributed by atoms with Gasteiger partial charge in [-0.25, -0.2) is 4.98 Å². The Balaban J connectivity index is 2.09. The third-order valence-corrected chi connectivity index (χ3v) is 1.88. The zero-order valence-electron chi connectivity index (χ0n) is 8.93. The van der Waals surface area contributed by atoms with Crippen LogP contribution in [0.4, 0.5) is 0 Å². The van der Waals surface area contributed by atoms with Crippen LogP contribution in [-0.2, 0) is 0 Å². The lowest BCUT2D eigenvalue weighted by Crippen LogP contribution is -2.14. The molecule has 0 fully saturated rings. The first-order valence-electron chi connectivity index (χ1n) is 4.89. The highest BCUT2D eigenvalue weighted by molar-refractivity contribution is 5.95. The van der Waals surface area contributed by atoms with Crippen molar-refractivity contribution < 1.29 is 0 Å². The van der Waals surface area contributed by atoms with Crippen LogP contribution in [0, 0.1) is 0 Å². The molecule has 0 atom stereocenters. The summed E-state index contributed by atoms with van der Waals surface area (Å²) in [4.78, 5) is 11.8. The van der Waals surface area contributed by atoms with Crippen molar-refractivity contribution in [3.05, 3.63) is 54.4 Å². The molecule has 0 saturated carbocycles. The highest BCUT2D eigenvalue weighted by atomic mass is 15.2. The Hall–Kier alpha value is -2.63. The van der Waals surface area contributed by atoms with Crippen LogP contribution in [0.25, 0.3) is 0 Å². The third-order valence-electron chi connectivity index (χ3n) is 1.88. The molecule has 0 amide bonds. The number of hydrogen-bond donors (Lipinski definition) is 1. The fourth-order valence-electron chi connectivity index (χ4n) is 1.09. The van der Waals surface area contributed by atoms with Crippen LogP contribution < -0.4 is 5.73 Å². The Bertz CT molecular complexity index is 520. The van der Waals surface area contributed by atoms with Crippen molar-refractivity contribution in [1.29, 1.82) is 0 Å². The van der Waals surface area contributed by atoms with Crippen molar-refractivity contribution in [1.82, 2.24) is 15.0 Å². The number of hydrogen-bond acceptors (Lipinski definition) is 5. The summed E-state index contributed by atoms with van der Waals surface area (Å²) in [5, 5.41) is 7.67. The van der Waals surface area contributed by atoms with Gasteiger partial charge in [-0.2, -0.15) is 5.10 Å². The molecule has 0 saturated heterocycles. The molecule has 2 aromatic heterocycles. The zero-order valence-corrected chi connectivity index (χ0v) is 8.93. The van der Waals surface area contributed by atoms with Crippen molar-refractivity contribution in [2.45, 2.75) is 0 Å². The second-order valence-electron chi connectivity index (χ2n) is 3.11. The first kappa shape index (κ1) is 10.9. The summed E-state index contributed by atoms with van der Waals surface area (Å²) in [5.41, 5.74) is 7.02. The van der Waals surface area contributed by atoms with Gasteiger partial charge in [0.05, 0.1) is 12.4 Å². The van der Waals surface area contributed by atoms with E-state index in [-0.39, 0.29) is 5.84 Å². The molecule has 2 rings (SSSR count). The fraction of sp³-hybridized carbons (Fsp3) is 0. The standard InChI is InChI=1S/C11H10N6/c12-11(10-8-14-4-5-15-10)17-16-7-9-2-1-3-13-6-9/h1-8H,(H2,12,17)/b16-7+. The number of nitrogens with zero attached hydrogens (tertiary/aromatic N) is 5. The summed E-state index contributed by atoms with van der Waals surface area (Å²) in [6.45, 7) is 0. The van der Waals surface area contributed by atoms with Gasteiger partial charge in [-0.05, 0) is 6.07 Å². The van der Waals surface area contributed by atoms with Crippen LogP contribution in [0.15, 0.2) is 53.3 Å². The van der Waals surface area contributed by atoms with Gasteiger partial charge in [-0.3, -0.25) is 9.97 Å². The molecule has 0 bridgehead atoms. The van der Waals surface area contributed by atoms with E-state index in [9.17, 15) is 0 Å². The predicted molar refractivity (Wildman–Crippen MR) is 64.6 cm³/mol. The SMILES string of the molecule is N/C(=N/N=C/c1cccnc1)c1cnccn1. The average Bonchev–Trinajstić information content (AvgIpc) is 2.41. The number of pyridine rings is 1. The van der Waals surface area contributed by atoms with Gasteiger partial charge in [0.2, 0.25) is 0 Å². The molecule has 6 nitrogen and oxygen atoms in total. The number of aromatic nitrogens is 3. The van der Waals surface area contributed by atoms with Gasteiger partial charge in [0.1, 0.15) is 5.69 Å². The predicted octanol–water partition coefficient (Wildman–Crippen LogP) is 0.611. The Morgan fingerprint density at radius 3 is 2.76 bits per heavy atom. The lowest BCUT2D eigenvalue weighted by Gasteiger charge is -1.94. The zero-order chi connectivity index (χ0) is 11.9. The van der Waals surface area contributed by atoms with Gasteiger partial charge in [0.25, 0.3) is 0 Å². The quantitative estimate of drug-likeness (QED) is 0.471. The molecular formula is C11H10N6. The summed E-state index contributed by atoms with van der Waals surface area (Å²) in [7, 11) is 0. The molecule has 0 aliphatic rings. The van der Waals surface area contributed by atoms with Crippen LogP contribution >= 0.6 is 0 Å². The van der Waals surface area contributed by atoms with Crippen molar-refractivity contribution in [3.8, 4) is 0 Å². The second kappa shape index (κ2) is 5.45. The van der Waals surface area contributed by atoms with Crippen molar-refractivity contribution in [2.75, 3.05) is 0 Å². The van der Waals surface area contributed by atoms with Gasteiger partial charge < -0.3 is 5.73 Å². The molecule has 2 N–H and O–H groups in total. The number of nitrogens with two attached hydrogens (primary N) is 1. The summed E-state index contributed by atoms with van der Waals surface area (Å²) in [6.07, 6.45) is 9.57. The molecule has 0 unspecified atom stereocenters. The highest BCUT2D eigenvalue weighted by Crippen LogP contribution is 1.93. The van der Waals surface area contributed by atoms with Crippen LogP contribution in [0.2, 0.25) is 0 Å². The minimum absolute atomic E-state index is 0.221. The Kier molecular flexibility index (Phi) is 3.49. The van der Waals surface area contributed by atoms with E-state index in [1.54, 1.807) is 31.0 Å². The van der Waals surface area contributed by atoms with Crippen LogP contribution in [0.3, 0.4) is 0 Å². The molecule has 2 heterocycles. The molecular weight excluding hydrogens is 216 g/mol. The van der Waals surface area contributed by atoms with Gasteiger partial charge in [0.15, 0.2) is 5.84 Å². The second-order valence-corrected chi connectivity index (χ2v) is 3.11. The lowest BCUT2D eigenvalue weighted by molar-refractivity contribution is 1.14. The van der Waals surface area contributed by atoms with E-state index in [4.69, 9.17) is 5.73 Å². The third kappa shape index (κ3) is 3.16. The number of amidine groups is 1. The molecule has 0 radical (unpaired) electrons. The highest BCUT2D eigenvalue weighted by Gasteiger charge is 1.97. The summed E-state index contributed by atoms with van der Waals surface area (Å²) < 4.78 is 0. The van der Waals surface area contributed by atoms with Crippen molar-refractivity contribution in [2.24, 2.45) is 15.9 Å². The molecule has 17 heavy (non-hydrogen) atoms. The molecule has 84 valence electrons. The van der Waals surface area contributed by atoms with E-state index in [1.807, 2.05) is 12.1 Å². The first-order valence-corrected chi connectivity index (χ1v) is 4.89. The smallest absolute Gasteiger partial charge is 0.173 e. The minimum atomic E-state index is 0.221. The maximum atomic E-state index is 5.68. The normalized spacial score (nSPS) is 11.9. The first-order chi connectivity index (χ1) is 8.36. The topological polar surface area (TPSA) is 89.4 Å². The van der Waals surface area contributed by atoms with E-state index in [1.165, 1.54) is 6.20 Å². The van der Waals surface area contributed by atoms with E-state index in [0.717, 1.165) is 5.56 Å². The van der Waals surface area contributed by atoms with Crippen molar-refractivity contribution >= 4 is 12.1 Å². The maximum Gasteiger partial charge on any atom is 0.173 e. The molecule has 0 aliphatic carbocycles. The van der Waals surface area contributed by atoms with Crippen molar-refractivity contribution in [3.63, 3.8) is 0 Å². The van der Waals surface area contributed by atoms with Crippen LogP contribution in [0.1, 0.15) is 11.3 Å². The summed E-state index contributed by atoms with van der Waals surface area (Å²) in [6, 6.07) is 3.68. The lowest BCUT2D eigenvalue weighted by atomic mass is 10.3.